The fourth-order valence-electron chi connectivity index (χ4n) is 2.19. The van der Waals surface area contributed by atoms with Gasteiger partial charge < -0.3 is 5.11 Å². The molecule has 2 nitrogen and oxygen atoms in total. The lowest BCUT2D eigenvalue weighted by Gasteiger charge is -1.98. The molecule has 2 heteroatoms. The van der Waals surface area contributed by atoms with Gasteiger partial charge in [-0.15, -0.1) is 0 Å². The van der Waals surface area contributed by atoms with Crippen LogP contribution in [0.2, 0.25) is 0 Å². The van der Waals surface area contributed by atoms with E-state index in [0.717, 1.165) is 31.8 Å². The van der Waals surface area contributed by atoms with Gasteiger partial charge in [0.2, 0.25) is 0 Å². The molecule has 0 aliphatic heterocycles. The van der Waals surface area contributed by atoms with Gasteiger partial charge in [0.15, 0.2) is 0 Å². The monoisotopic (exact) mass is 330 g/mol. The Bertz CT molecular complexity index is 425. The van der Waals surface area contributed by atoms with Crippen molar-refractivity contribution in [1.82, 2.24) is 0 Å². The van der Waals surface area contributed by atoms with Crippen LogP contribution < -0.4 is 0 Å². The molecule has 0 saturated heterocycles. The number of rotatable bonds is 15. The van der Waals surface area contributed by atoms with Crippen molar-refractivity contribution in [1.29, 1.82) is 0 Å². The SMILES string of the molecule is CC/C=C/C/C=C\C/C=C/CCCCCCCC=C/C=C\C(=O)O. The van der Waals surface area contributed by atoms with Gasteiger partial charge in [-0.3, -0.25) is 0 Å². The van der Waals surface area contributed by atoms with Crippen LogP contribution in [0.3, 0.4) is 0 Å². The first-order chi connectivity index (χ1) is 11.8. The highest BCUT2D eigenvalue weighted by molar-refractivity contribution is 5.80. The Morgan fingerprint density at radius 1 is 0.708 bits per heavy atom. The molecular formula is C22H34O2. The quantitative estimate of drug-likeness (QED) is 0.156. The van der Waals surface area contributed by atoms with Gasteiger partial charge in [0.05, 0.1) is 0 Å². The molecule has 0 spiro atoms. The highest BCUT2D eigenvalue weighted by atomic mass is 16.4. The molecule has 0 saturated carbocycles. The van der Waals surface area contributed by atoms with Crippen molar-refractivity contribution in [3.05, 3.63) is 60.8 Å². The second-order valence-corrected chi connectivity index (χ2v) is 5.76. The van der Waals surface area contributed by atoms with Crippen molar-refractivity contribution in [3.8, 4) is 0 Å². The molecule has 0 aromatic rings. The average molecular weight is 331 g/mol. The number of hydrogen-bond donors (Lipinski definition) is 1. The molecule has 24 heavy (non-hydrogen) atoms. The maximum absolute atomic E-state index is 10.3. The number of hydrogen-bond acceptors (Lipinski definition) is 1. The van der Waals surface area contributed by atoms with Crippen molar-refractivity contribution in [2.45, 2.75) is 71.1 Å². The predicted molar refractivity (Wildman–Crippen MR) is 105 cm³/mol. The normalized spacial score (nSPS) is 12.7. The molecule has 0 aliphatic carbocycles. The minimum atomic E-state index is -0.895. The molecule has 0 heterocycles. The number of carboxylic acid groups (broad SMARTS) is 1. The summed E-state index contributed by atoms with van der Waals surface area (Å²) in [5.41, 5.74) is 0. The van der Waals surface area contributed by atoms with E-state index in [4.69, 9.17) is 5.11 Å². The van der Waals surface area contributed by atoms with E-state index in [9.17, 15) is 4.79 Å². The maximum Gasteiger partial charge on any atom is 0.328 e. The third-order valence-electron chi connectivity index (χ3n) is 3.51. The fourth-order valence-corrected chi connectivity index (χ4v) is 2.19. The molecule has 0 rings (SSSR count). The fraction of sp³-hybridized carbons (Fsp3) is 0.500. The molecule has 0 bridgehead atoms. The highest BCUT2D eigenvalue weighted by Gasteiger charge is 1.88. The number of allylic oxidation sites excluding steroid dienone is 9. The van der Waals surface area contributed by atoms with Crippen LogP contribution in [0.1, 0.15) is 71.1 Å². The first-order valence-corrected chi connectivity index (χ1v) is 9.28. The average Bonchev–Trinajstić information content (AvgIpc) is 2.56. The Kier molecular flexibility index (Phi) is 17.8. The van der Waals surface area contributed by atoms with E-state index >= 15 is 0 Å². The van der Waals surface area contributed by atoms with Gasteiger partial charge in [0.25, 0.3) is 0 Å². The zero-order valence-corrected chi connectivity index (χ0v) is 15.2. The zero-order chi connectivity index (χ0) is 17.7. The van der Waals surface area contributed by atoms with Crippen molar-refractivity contribution in [2.75, 3.05) is 0 Å². The second kappa shape index (κ2) is 19.2. The first kappa shape index (κ1) is 22.2. The Balaban J connectivity index is 3.31. The molecule has 0 aromatic carbocycles. The number of aliphatic carboxylic acids is 1. The van der Waals surface area contributed by atoms with E-state index in [1.165, 1.54) is 38.5 Å². The molecule has 0 aromatic heterocycles. The molecule has 0 amide bonds. The summed E-state index contributed by atoms with van der Waals surface area (Å²) in [6, 6.07) is 0. The van der Waals surface area contributed by atoms with E-state index in [2.05, 4.69) is 43.4 Å². The molecule has 0 atom stereocenters. The summed E-state index contributed by atoms with van der Waals surface area (Å²) in [6.45, 7) is 2.16. The summed E-state index contributed by atoms with van der Waals surface area (Å²) < 4.78 is 0. The topological polar surface area (TPSA) is 37.3 Å². The van der Waals surface area contributed by atoms with E-state index in [0.29, 0.717) is 0 Å². The maximum atomic E-state index is 10.3. The van der Waals surface area contributed by atoms with Gasteiger partial charge in [-0.25, -0.2) is 4.79 Å². The second-order valence-electron chi connectivity index (χ2n) is 5.76. The van der Waals surface area contributed by atoms with Crippen LogP contribution in [-0.4, -0.2) is 11.1 Å². The van der Waals surface area contributed by atoms with Crippen LogP contribution in [0.15, 0.2) is 60.8 Å². The predicted octanol–water partition coefficient (Wildman–Crippen LogP) is 6.77. The number of carbonyl (C=O) groups is 1. The Labute approximate surface area is 148 Å². The van der Waals surface area contributed by atoms with Crippen LogP contribution in [-0.2, 0) is 4.79 Å². The van der Waals surface area contributed by atoms with Crippen molar-refractivity contribution in [3.63, 3.8) is 0 Å². The molecular weight excluding hydrogens is 296 g/mol. The minimum absolute atomic E-state index is 0.895. The smallest absolute Gasteiger partial charge is 0.328 e. The van der Waals surface area contributed by atoms with Crippen LogP contribution in [0.4, 0.5) is 0 Å². The summed E-state index contributed by atoms with van der Waals surface area (Å²) in [5, 5.41) is 8.43. The van der Waals surface area contributed by atoms with Gasteiger partial charge in [0.1, 0.15) is 0 Å². The van der Waals surface area contributed by atoms with Crippen molar-refractivity contribution < 1.29 is 9.90 Å². The molecule has 0 fully saturated rings. The molecule has 134 valence electrons. The summed E-state index contributed by atoms with van der Waals surface area (Å²) in [6.07, 6.45) is 31.7. The molecule has 1 N–H and O–H groups in total. The van der Waals surface area contributed by atoms with Crippen LogP contribution in [0.25, 0.3) is 0 Å². The minimum Gasteiger partial charge on any atom is -0.478 e. The van der Waals surface area contributed by atoms with Gasteiger partial charge in [-0.05, 0) is 44.9 Å². The van der Waals surface area contributed by atoms with E-state index < -0.39 is 5.97 Å². The summed E-state index contributed by atoms with van der Waals surface area (Å²) in [4.78, 5) is 10.3. The van der Waals surface area contributed by atoms with Crippen molar-refractivity contribution in [2.24, 2.45) is 0 Å². The largest absolute Gasteiger partial charge is 0.478 e. The highest BCUT2D eigenvalue weighted by Crippen LogP contribution is 2.08. The van der Waals surface area contributed by atoms with Crippen molar-refractivity contribution >= 4 is 5.97 Å². The summed E-state index contributed by atoms with van der Waals surface area (Å²) in [5.74, 6) is -0.895. The zero-order valence-electron chi connectivity index (χ0n) is 15.2. The van der Waals surface area contributed by atoms with Gasteiger partial charge >= 0.3 is 5.97 Å². The third-order valence-corrected chi connectivity index (χ3v) is 3.51. The lowest BCUT2D eigenvalue weighted by molar-refractivity contribution is -0.131. The van der Waals surface area contributed by atoms with Crippen LogP contribution >= 0.6 is 0 Å². The molecule has 0 unspecified atom stereocenters. The number of carboxylic acids is 1. The van der Waals surface area contributed by atoms with Crippen LogP contribution in [0, 0.1) is 0 Å². The Morgan fingerprint density at radius 3 is 1.88 bits per heavy atom. The third kappa shape index (κ3) is 20.2. The first-order valence-electron chi connectivity index (χ1n) is 9.28. The number of unbranched alkanes of at least 4 members (excludes halogenated alkanes) is 6. The molecule has 0 aliphatic rings. The van der Waals surface area contributed by atoms with Crippen LogP contribution in [0.5, 0.6) is 0 Å². The van der Waals surface area contributed by atoms with E-state index in [1.807, 2.05) is 12.2 Å². The Hall–Kier alpha value is -1.83. The van der Waals surface area contributed by atoms with E-state index in [-0.39, 0.29) is 0 Å². The van der Waals surface area contributed by atoms with Gasteiger partial charge in [0, 0.05) is 6.08 Å². The van der Waals surface area contributed by atoms with Gasteiger partial charge in [-0.2, -0.15) is 0 Å². The lowest BCUT2D eigenvalue weighted by Crippen LogP contribution is -1.84. The Morgan fingerprint density at radius 2 is 1.25 bits per heavy atom. The standard InChI is InChI=1S/C22H34O2/c1-2-3-4-5-6-7-8-9-10-11-12-13-14-15-16-17-18-19-20-21-22(23)24/h3-4,6-7,9-10,18-21H,2,5,8,11-17H2,1H3,(H,23,24)/b4-3+,7-6-,10-9+,19-18?,21-20-. The lowest BCUT2D eigenvalue weighted by atomic mass is 10.1. The molecule has 0 radical (unpaired) electrons. The summed E-state index contributed by atoms with van der Waals surface area (Å²) >= 11 is 0. The van der Waals surface area contributed by atoms with Gasteiger partial charge in [-0.1, -0.05) is 80.9 Å². The van der Waals surface area contributed by atoms with E-state index in [1.54, 1.807) is 6.08 Å². The summed E-state index contributed by atoms with van der Waals surface area (Å²) in [7, 11) is 0.